The summed E-state index contributed by atoms with van der Waals surface area (Å²) in [5.74, 6) is 1.75. The lowest BCUT2D eigenvalue weighted by Crippen LogP contribution is -2.35. The molecule has 0 bridgehead atoms. The molecule has 0 aromatic heterocycles. The molecule has 21 heavy (non-hydrogen) atoms. The van der Waals surface area contributed by atoms with Gasteiger partial charge in [0.2, 0.25) is 0 Å². The number of rotatable bonds is 5. The Kier molecular flexibility index (Phi) is 5.84. The van der Waals surface area contributed by atoms with Gasteiger partial charge in [0.15, 0.2) is 0 Å². The number of carbonyl (C=O) groups excluding carboxylic acids is 1. The highest BCUT2D eigenvalue weighted by Crippen LogP contribution is 2.35. The highest BCUT2D eigenvalue weighted by molar-refractivity contribution is 5.70. The van der Waals surface area contributed by atoms with E-state index in [-0.39, 0.29) is 12.1 Å². The molecule has 116 valence electrons. The summed E-state index contributed by atoms with van der Waals surface area (Å²) < 4.78 is 5.82. The minimum Gasteiger partial charge on any atom is -0.462 e. The lowest BCUT2D eigenvalue weighted by molar-refractivity contribution is -0.155. The van der Waals surface area contributed by atoms with E-state index in [4.69, 9.17) is 4.74 Å². The van der Waals surface area contributed by atoms with Crippen molar-refractivity contribution in [2.45, 2.75) is 59.0 Å². The maximum atomic E-state index is 12.1. The fraction of sp³-hybridized carbons (Fsp3) is 0.632. The summed E-state index contributed by atoms with van der Waals surface area (Å²) in [5, 5.41) is 0. The van der Waals surface area contributed by atoms with Gasteiger partial charge in [0, 0.05) is 6.42 Å². The van der Waals surface area contributed by atoms with E-state index in [0.29, 0.717) is 24.2 Å². The van der Waals surface area contributed by atoms with Gasteiger partial charge in [-0.1, -0.05) is 57.5 Å². The number of hydrogen-bond donors (Lipinski definition) is 0. The first-order valence-corrected chi connectivity index (χ1v) is 8.29. The van der Waals surface area contributed by atoms with E-state index in [1.165, 1.54) is 18.4 Å². The molecule has 0 unspecified atom stereocenters. The molecule has 1 fully saturated rings. The molecule has 0 spiro atoms. The van der Waals surface area contributed by atoms with Crippen molar-refractivity contribution < 1.29 is 9.53 Å². The van der Waals surface area contributed by atoms with Crippen LogP contribution < -0.4 is 0 Å². The molecule has 1 aromatic carbocycles. The summed E-state index contributed by atoms with van der Waals surface area (Å²) in [4.78, 5) is 12.1. The van der Waals surface area contributed by atoms with E-state index >= 15 is 0 Å². The Balaban J connectivity index is 1.85. The van der Waals surface area contributed by atoms with E-state index in [9.17, 15) is 4.79 Å². The summed E-state index contributed by atoms with van der Waals surface area (Å²) in [7, 11) is 0. The predicted molar refractivity (Wildman–Crippen MR) is 86.0 cm³/mol. The van der Waals surface area contributed by atoms with Gasteiger partial charge in [-0.15, -0.1) is 0 Å². The maximum absolute atomic E-state index is 12.1. The largest absolute Gasteiger partial charge is 0.462 e. The van der Waals surface area contributed by atoms with Gasteiger partial charge in [-0.05, 0) is 42.6 Å². The van der Waals surface area contributed by atoms with Crippen molar-refractivity contribution in [2.24, 2.45) is 17.8 Å². The third-order valence-electron chi connectivity index (χ3n) is 4.70. The average Bonchev–Trinajstić information content (AvgIpc) is 2.46. The third-order valence-corrected chi connectivity index (χ3v) is 4.70. The molecule has 1 saturated carbocycles. The molecule has 2 heteroatoms. The molecule has 0 aliphatic heterocycles. The lowest BCUT2D eigenvalue weighted by Gasteiger charge is -2.36. The molecule has 0 heterocycles. The monoisotopic (exact) mass is 288 g/mol. The normalized spacial score (nSPS) is 25.8. The number of aryl methyl sites for hydroxylation is 1. The first-order valence-electron chi connectivity index (χ1n) is 8.29. The zero-order chi connectivity index (χ0) is 15.2. The van der Waals surface area contributed by atoms with E-state index in [0.717, 1.165) is 12.8 Å². The molecule has 1 aliphatic rings. The SMILES string of the molecule is CC(C)[C@@H]1CC[C@@H](C)C[C@@H]1OC(=O)CCc1ccccc1. The molecule has 1 aliphatic carbocycles. The Bertz CT molecular complexity index is 438. The van der Waals surface area contributed by atoms with Crippen molar-refractivity contribution in [1.29, 1.82) is 0 Å². The van der Waals surface area contributed by atoms with Gasteiger partial charge in [-0.25, -0.2) is 0 Å². The van der Waals surface area contributed by atoms with Gasteiger partial charge >= 0.3 is 5.97 Å². The minimum absolute atomic E-state index is 0.0383. The standard InChI is InChI=1S/C19H28O2/c1-14(2)17-11-9-15(3)13-18(17)21-19(20)12-10-16-7-5-4-6-8-16/h4-8,14-15,17-18H,9-13H2,1-3H3/t15-,17+,18+/m1/s1. The van der Waals surface area contributed by atoms with Crippen LogP contribution in [0.4, 0.5) is 0 Å². The Labute approximate surface area is 128 Å². The highest BCUT2D eigenvalue weighted by atomic mass is 16.5. The van der Waals surface area contributed by atoms with Crippen LogP contribution in [0.15, 0.2) is 30.3 Å². The van der Waals surface area contributed by atoms with Crippen LogP contribution in [0.25, 0.3) is 0 Å². The molecule has 0 radical (unpaired) electrons. The quantitative estimate of drug-likeness (QED) is 0.739. The van der Waals surface area contributed by atoms with Crippen LogP contribution in [-0.2, 0) is 16.0 Å². The zero-order valence-electron chi connectivity index (χ0n) is 13.5. The van der Waals surface area contributed by atoms with Crippen molar-refractivity contribution in [3.05, 3.63) is 35.9 Å². The van der Waals surface area contributed by atoms with Crippen molar-refractivity contribution in [3.8, 4) is 0 Å². The fourth-order valence-electron chi connectivity index (χ4n) is 3.37. The molecule has 2 nitrogen and oxygen atoms in total. The maximum Gasteiger partial charge on any atom is 0.306 e. The van der Waals surface area contributed by atoms with Gasteiger partial charge in [0.25, 0.3) is 0 Å². The van der Waals surface area contributed by atoms with Crippen molar-refractivity contribution in [1.82, 2.24) is 0 Å². The fourth-order valence-corrected chi connectivity index (χ4v) is 3.37. The molecule has 0 amide bonds. The van der Waals surface area contributed by atoms with Crippen LogP contribution in [0.3, 0.4) is 0 Å². The van der Waals surface area contributed by atoms with Crippen LogP contribution in [0.5, 0.6) is 0 Å². The van der Waals surface area contributed by atoms with Crippen molar-refractivity contribution in [3.63, 3.8) is 0 Å². The van der Waals surface area contributed by atoms with Crippen LogP contribution in [0, 0.1) is 17.8 Å². The van der Waals surface area contributed by atoms with Crippen molar-refractivity contribution >= 4 is 5.97 Å². The Morgan fingerprint density at radius 1 is 1.24 bits per heavy atom. The van der Waals surface area contributed by atoms with E-state index in [1.807, 2.05) is 18.2 Å². The molecule has 3 atom stereocenters. The average molecular weight is 288 g/mol. The summed E-state index contributed by atoms with van der Waals surface area (Å²) in [6, 6.07) is 10.1. The van der Waals surface area contributed by atoms with E-state index < -0.39 is 0 Å². The molecule has 0 N–H and O–H groups in total. The molecular formula is C19H28O2. The second-order valence-electron chi connectivity index (χ2n) is 6.84. The Morgan fingerprint density at radius 2 is 1.95 bits per heavy atom. The number of esters is 1. The summed E-state index contributed by atoms with van der Waals surface area (Å²) in [6.45, 7) is 6.75. The zero-order valence-corrected chi connectivity index (χ0v) is 13.5. The first-order chi connectivity index (χ1) is 10.1. The molecular weight excluding hydrogens is 260 g/mol. The second kappa shape index (κ2) is 7.63. The van der Waals surface area contributed by atoms with Gasteiger partial charge in [-0.3, -0.25) is 4.79 Å². The molecule has 1 aromatic rings. The van der Waals surface area contributed by atoms with Gasteiger partial charge in [0.05, 0.1) is 0 Å². The number of benzene rings is 1. The summed E-state index contributed by atoms with van der Waals surface area (Å²) >= 11 is 0. The summed E-state index contributed by atoms with van der Waals surface area (Å²) in [6.07, 6.45) is 4.86. The highest BCUT2D eigenvalue weighted by Gasteiger charge is 2.33. The molecule has 2 rings (SSSR count). The lowest BCUT2D eigenvalue weighted by atomic mass is 9.75. The smallest absolute Gasteiger partial charge is 0.306 e. The summed E-state index contributed by atoms with van der Waals surface area (Å²) in [5.41, 5.74) is 1.20. The van der Waals surface area contributed by atoms with Gasteiger partial charge < -0.3 is 4.74 Å². The predicted octanol–water partition coefficient (Wildman–Crippen LogP) is 4.62. The first kappa shape index (κ1) is 16.1. The molecule has 0 saturated heterocycles. The van der Waals surface area contributed by atoms with Crippen LogP contribution in [0.1, 0.15) is 52.0 Å². The number of ether oxygens (including phenoxy) is 1. The van der Waals surface area contributed by atoms with E-state index in [1.54, 1.807) is 0 Å². The van der Waals surface area contributed by atoms with Crippen LogP contribution >= 0.6 is 0 Å². The van der Waals surface area contributed by atoms with Gasteiger partial charge in [0.1, 0.15) is 6.10 Å². The van der Waals surface area contributed by atoms with Crippen LogP contribution in [0.2, 0.25) is 0 Å². The topological polar surface area (TPSA) is 26.3 Å². The number of carbonyl (C=O) groups is 1. The third kappa shape index (κ3) is 4.87. The minimum atomic E-state index is -0.0383. The van der Waals surface area contributed by atoms with Crippen molar-refractivity contribution in [2.75, 3.05) is 0 Å². The Morgan fingerprint density at radius 3 is 2.62 bits per heavy atom. The van der Waals surface area contributed by atoms with E-state index in [2.05, 4.69) is 32.9 Å². The second-order valence-corrected chi connectivity index (χ2v) is 6.84. The van der Waals surface area contributed by atoms with Gasteiger partial charge in [-0.2, -0.15) is 0 Å². The Hall–Kier alpha value is -1.31. The van der Waals surface area contributed by atoms with Crippen LogP contribution in [-0.4, -0.2) is 12.1 Å². The number of hydrogen-bond acceptors (Lipinski definition) is 2.